The molecule has 1 aliphatic heterocycles. The highest BCUT2D eigenvalue weighted by atomic mass is 127. The van der Waals surface area contributed by atoms with Crippen LogP contribution in [0.2, 0.25) is 0 Å². The summed E-state index contributed by atoms with van der Waals surface area (Å²) in [6, 6.07) is 14.3. The third-order valence-corrected chi connectivity index (χ3v) is 7.67. The number of piperidine rings is 1. The normalized spacial score (nSPS) is 16.9. The zero-order valence-electron chi connectivity index (χ0n) is 18.6. The van der Waals surface area contributed by atoms with Gasteiger partial charge in [0.15, 0.2) is 9.66 Å². The molecule has 0 bridgehead atoms. The summed E-state index contributed by atoms with van der Waals surface area (Å²) >= 11 is 2.13. The molecule has 168 valence electrons. The van der Waals surface area contributed by atoms with Crippen LogP contribution in [0.15, 0.2) is 36.4 Å². The lowest BCUT2D eigenvalue weighted by Gasteiger charge is -2.33. The SMILES string of the molecule is Cc1cc(C2CCC2)c(-c2nnc(I)[nH]2)cc1C(=O)N1CCC(c2ccc(C#N)cc2)CC1. The van der Waals surface area contributed by atoms with Crippen LogP contribution >= 0.6 is 22.6 Å². The van der Waals surface area contributed by atoms with Crippen LogP contribution in [0.1, 0.15) is 76.6 Å². The van der Waals surface area contributed by atoms with Gasteiger partial charge >= 0.3 is 0 Å². The highest BCUT2D eigenvalue weighted by Gasteiger charge is 2.29. The van der Waals surface area contributed by atoms with Gasteiger partial charge in [-0.25, -0.2) is 0 Å². The van der Waals surface area contributed by atoms with Crippen molar-refractivity contribution in [3.63, 3.8) is 0 Å². The van der Waals surface area contributed by atoms with E-state index in [2.05, 4.69) is 62.0 Å². The average molecular weight is 551 g/mol. The van der Waals surface area contributed by atoms with E-state index in [4.69, 9.17) is 5.26 Å². The number of likely N-dealkylation sites (tertiary alicyclic amines) is 1. The number of nitrogens with one attached hydrogen (secondary N) is 1. The molecule has 2 heterocycles. The van der Waals surface area contributed by atoms with Crippen molar-refractivity contribution in [3.05, 3.63) is 68.0 Å². The minimum Gasteiger partial charge on any atom is -0.339 e. The number of rotatable bonds is 4. The first-order valence-electron chi connectivity index (χ1n) is 11.6. The lowest BCUT2D eigenvalue weighted by Crippen LogP contribution is -2.38. The van der Waals surface area contributed by atoms with Crippen molar-refractivity contribution < 1.29 is 4.79 Å². The van der Waals surface area contributed by atoms with Gasteiger partial charge in [0.1, 0.15) is 0 Å². The number of aryl methyl sites for hydroxylation is 1. The van der Waals surface area contributed by atoms with E-state index in [1.807, 2.05) is 30.0 Å². The second-order valence-electron chi connectivity index (χ2n) is 9.15. The number of hydrogen-bond donors (Lipinski definition) is 1. The molecule has 6 nitrogen and oxygen atoms in total. The summed E-state index contributed by atoms with van der Waals surface area (Å²) in [7, 11) is 0. The number of aromatic nitrogens is 3. The van der Waals surface area contributed by atoms with E-state index in [1.54, 1.807) is 0 Å². The maximum absolute atomic E-state index is 13.5. The molecule has 33 heavy (non-hydrogen) atoms. The van der Waals surface area contributed by atoms with E-state index in [-0.39, 0.29) is 5.91 Å². The molecule has 5 rings (SSSR count). The van der Waals surface area contributed by atoms with Gasteiger partial charge in [-0.05, 0) is 79.3 Å². The van der Waals surface area contributed by atoms with Gasteiger partial charge in [0.2, 0.25) is 0 Å². The highest BCUT2D eigenvalue weighted by molar-refractivity contribution is 14.1. The molecule has 1 amide bonds. The number of nitriles is 1. The van der Waals surface area contributed by atoms with Crippen molar-refractivity contribution in [1.29, 1.82) is 5.26 Å². The second-order valence-corrected chi connectivity index (χ2v) is 10.2. The van der Waals surface area contributed by atoms with Crippen LogP contribution in [0.4, 0.5) is 0 Å². The molecule has 0 spiro atoms. The van der Waals surface area contributed by atoms with Crippen molar-refractivity contribution >= 4 is 28.5 Å². The molecule has 2 fully saturated rings. The van der Waals surface area contributed by atoms with Gasteiger partial charge in [0.25, 0.3) is 5.91 Å². The van der Waals surface area contributed by atoms with E-state index in [0.717, 1.165) is 52.3 Å². The number of hydrogen-bond acceptors (Lipinski definition) is 4. The van der Waals surface area contributed by atoms with Crippen molar-refractivity contribution in [2.75, 3.05) is 13.1 Å². The number of H-pyrrole nitrogens is 1. The van der Waals surface area contributed by atoms with Crippen LogP contribution in [0, 0.1) is 22.1 Å². The molecular formula is C26H26IN5O. The minimum absolute atomic E-state index is 0.0985. The lowest BCUT2D eigenvalue weighted by atomic mass is 9.77. The van der Waals surface area contributed by atoms with Crippen LogP contribution < -0.4 is 0 Å². The fourth-order valence-corrected chi connectivity index (χ4v) is 5.36. The van der Waals surface area contributed by atoms with Gasteiger partial charge in [0, 0.05) is 46.8 Å². The predicted octanol–water partition coefficient (Wildman–Crippen LogP) is 5.54. The lowest BCUT2D eigenvalue weighted by molar-refractivity contribution is 0.0712. The van der Waals surface area contributed by atoms with Gasteiger partial charge in [-0.1, -0.05) is 24.6 Å². The van der Waals surface area contributed by atoms with Crippen molar-refractivity contribution in [2.24, 2.45) is 0 Å². The molecule has 1 saturated heterocycles. The molecule has 0 atom stereocenters. The Balaban J connectivity index is 1.36. The van der Waals surface area contributed by atoms with Gasteiger partial charge in [0.05, 0.1) is 11.6 Å². The van der Waals surface area contributed by atoms with Crippen LogP contribution in [0.25, 0.3) is 11.4 Å². The van der Waals surface area contributed by atoms with E-state index >= 15 is 0 Å². The average Bonchev–Trinajstić information content (AvgIpc) is 3.24. The first-order chi connectivity index (χ1) is 16.0. The third kappa shape index (κ3) is 4.41. The quantitative estimate of drug-likeness (QED) is 0.432. The van der Waals surface area contributed by atoms with Crippen LogP contribution in [-0.2, 0) is 0 Å². The number of carbonyl (C=O) groups excluding carboxylic acids is 1. The smallest absolute Gasteiger partial charge is 0.254 e. The maximum Gasteiger partial charge on any atom is 0.254 e. The first kappa shape index (κ1) is 22.1. The molecule has 0 radical (unpaired) electrons. The molecule has 1 saturated carbocycles. The third-order valence-electron chi connectivity index (χ3n) is 7.18. The Bertz CT molecular complexity index is 1210. The van der Waals surface area contributed by atoms with Crippen molar-refractivity contribution in [3.8, 4) is 17.5 Å². The van der Waals surface area contributed by atoms with Gasteiger partial charge in [-0.2, -0.15) is 5.26 Å². The Morgan fingerprint density at radius 3 is 2.39 bits per heavy atom. The molecule has 1 N–H and O–H groups in total. The second kappa shape index (κ2) is 9.26. The molecule has 2 aromatic carbocycles. The zero-order chi connectivity index (χ0) is 22.9. The summed E-state index contributed by atoms with van der Waals surface area (Å²) in [6.07, 6.45) is 5.50. The minimum atomic E-state index is 0.0985. The Kier molecular flexibility index (Phi) is 6.19. The Morgan fingerprint density at radius 2 is 1.82 bits per heavy atom. The van der Waals surface area contributed by atoms with Gasteiger partial charge in [-0.15, -0.1) is 10.2 Å². The first-order valence-corrected chi connectivity index (χ1v) is 12.6. The standard InChI is InChI=1S/C26H26IN5O/c1-16-13-22(20-3-2-4-20)23(24-29-26(27)31-30-24)14-21(16)25(33)32-11-9-19(10-12-32)18-7-5-17(15-28)6-8-18/h5-8,13-14,19-20H,2-4,9-12H2,1H3,(H,29,30,31). The summed E-state index contributed by atoms with van der Waals surface area (Å²) in [6.45, 7) is 3.53. The van der Waals surface area contributed by atoms with Gasteiger partial charge in [-0.3, -0.25) is 4.79 Å². The largest absolute Gasteiger partial charge is 0.339 e. The predicted molar refractivity (Wildman–Crippen MR) is 135 cm³/mol. The number of aromatic amines is 1. The number of benzene rings is 2. The summed E-state index contributed by atoms with van der Waals surface area (Å²) in [5, 5.41) is 17.5. The molecular weight excluding hydrogens is 525 g/mol. The number of nitrogens with zero attached hydrogens (tertiary/aromatic N) is 4. The summed E-state index contributed by atoms with van der Waals surface area (Å²) in [5.41, 5.74) is 6.03. The molecule has 1 aromatic heterocycles. The topological polar surface area (TPSA) is 85.7 Å². The van der Waals surface area contributed by atoms with E-state index < -0.39 is 0 Å². The van der Waals surface area contributed by atoms with E-state index in [1.165, 1.54) is 30.4 Å². The Hall–Kier alpha value is -2.73. The highest BCUT2D eigenvalue weighted by Crippen LogP contribution is 2.42. The molecule has 2 aliphatic rings. The molecule has 7 heteroatoms. The summed E-state index contributed by atoms with van der Waals surface area (Å²) in [4.78, 5) is 18.8. The monoisotopic (exact) mass is 551 g/mol. The van der Waals surface area contributed by atoms with E-state index in [9.17, 15) is 4.79 Å². The number of carbonyl (C=O) groups is 1. The summed E-state index contributed by atoms with van der Waals surface area (Å²) in [5.74, 6) is 1.81. The Morgan fingerprint density at radius 1 is 1.09 bits per heavy atom. The van der Waals surface area contributed by atoms with Crippen LogP contribution in [0.3, 0.4) is 0 Å². The van der Waals surface area contributed by atoms with Crippen molar-refractivity contribution in [2.45, 2.75) is 50.9 Å². The van der Waals surface area contributed by atoms with Crippen LogP contribution in [-0.4, -0.2) is 39.1 Å². The summed E-state index contributed by atoms with van der Waals surface area (Å²) < 4.78 is 0.750. The number of amides is 1. The van der Waals surface area contributed by atoms with E-state index in [0.29, 0.717) is 17.4 Å². The van der Waals surface area contributed by atoms with Crippen LogP contribution in [0.5, 0.6) is 0 Å². The fraction of sp³-hybridized carbons (Fsp3) is 0.385. The number of halogens is 1. The molecule has 0 unspecified atom stereocenters. The van der Waals surface area contributed by atoms with Gasteiger partial charge < -0.3 is 9.88 Å². The molecule has 3 aromatic rings. The van der Waals surface area contributed by atoms with Crippen molar-refractivity contribution in [1.82, 2.24) is 20.1 Å². The Labute approximate surface area is 207 Å². The maximum atomic E-state index is 13.5. The zero-order valence-corrected chi connectivity index (χ0v) is 20.8. The molecule has 1 aliphatic carbocycles. The fourth-order valence-electron chi connectivity index (χ4n) is 5.00.